The molecule has 8 heteroatoms. The van der Waals surface area contributed by atoms with E-state index in [1.165, 1.54) is 6.07 Å². The molecule has 0 radical (unpaired) electrons. The smallest absolute Gasteiger partial charge is 0.475 e. The van der Waals surface area contributed by atoms with Crippen LogP contribution in [0.15, 0.2) is 36.4 Å². The summed E-state index contributed by atoms with van der Waals surface area (Å²) in [5.41, 5.74) is 1.14. The van der Waals surface area contributed by atoms with E-state index in [1.807, 2.05) is 18.2 Å². The molecule has 1 aliphatic rings. The van der Waals surface area contributed by atoms with Crippen LogP contribution in [0.4, 0.5) is 23.2 Å². The molecule has 130 valence electrons. The molecule has 0 aromatic heterocycles. The van der Waals surface area contributed by atoms with Gasteiger partial charge in [0, 0.05) is 37.3 Å². The maximum absolute atomic E-state index is 13.4. The standard InChI is InChI=1S/C14H15FN2.C2HF3O2/c15-12-5-4-11-2-1-3-14(13(11)10-12)17-8-6-16-7-9-17;3-2(4,5)1(6)7/h1-5,10,16H,6-9H2;(H,6,7). The molecule has 1 aliphatic heterocycles. The number of fused-ring (bicyclic) bond motifs is 1. The zero-order chi connectivity index (χ0) is 17.7. The number of carbonyl (C=O) groups is 1. The summed E-state index contributed by atoms with van der Waals surface area (Å²) < 4.78 is 45.1. The van der Waals surface area contributed by atoms with Crippen molar-refractivity contribution < 1.29 is 27.5 Å². The molecule has 3 rings (SSSR count). The van der Waals surface area contributed by atoms with Crippen molar-refractivity contribution in [1.29, 1.82) is 0 Å². The van der Waals surface area contributed by atoms with E-state index in [2.05, 4.69) is 16.3 Å². The number of nitrogens with one attached hydrogen (secondary N) is 1. The van der Waals surface area contributed by atoms with Gasteiger partial charge in [0.2, 0.25) is 0 Å². The van der Waals surface area contributed by atoms with Gasteiger partial charge in [0.1, 0.15) is 5.82 Å². The van der Waals surface area contributed by atoms with Gasteiger partial charge in [0.15, 0.2) is 0 Å². The molecule has 24 heavy (non-hydrogen) atoms. The average Bonchev–Trinajstić information content (AvgIpc) is 2.55. The Morgan fingerprint density at radius 2 is 1.75 bits per heavy atom. The fourth-order valence-corrected chi connectivity index (χ4v) is 2.41. The number of piperazine rings is 1. The van der Waals surface area contributed by atoms with Crippen LogP contribution in [0.3, 0.4) is 0 Å². The number of benzene rings is 2. The molecule has 1 fully saturated rings. The third kappa shape index (κ3) is 4.58. The van der Waals surface area contributed by atoms with E-state index in [9.17, 15) is 17.6 Å². The molecule has 2 aromatic rings. The van der Waals surface area contributed by atoms with Crippen molar-refractivity contribution in [3.63, 3.8) is 0 Å². The van der Waals surface area contributed by atoms with Gasteiger partial charge in [-0.05, 0) is 23.6 Å². The molecular formula is C16H16F4N2O2. The molecule has 4 nitrogen and oxygen atoms in total. The quantitative estimate of drug-likeness (QED) is 0.781. The van der Waals surface area contributed by atoms with E-state index in [-0.39, 0.29) is 5.82 Å². The summed E-state index contributed by atoms with van der Waals surface area (Å²) in [5.74, 6) is -2.92. The number of rotatable bonds is 1. The second-order valence-corrected chi connectivity index (χ2v) is 5.18. The molecule has 0 atom stereocenters. The minimum atomic E-state index is -5.08. The highest BCUT2D eigenvalue weighted by Gasteiger charge is 2.38. The third-order valence-corrected chi connectivity index (χ3v) is 3.52. The van der Waals surface area contributed by atoms with Gasteiger partial charge in [-0.25, -0.2) is 9.18 Å². The third-order valence-electron chi connectivity index (χ3n) is 3.52. The summed E-state index contributed by atoms with van der Waals surface area (Å²) in [5, 5.41) is 12.6. The van der Waals surface area contributed by atoms with Crippen LogP contribution in [-0.2, 0) is 4.79 Å². The number of aliphatic carboxylic acids is 1. The fraction of sp³-hybridized carbons (Fsp3) is 0.312. The van der Waals surface area contributed by atoms with Crippen molar-refractivity contribution in [2.45, 2.75) is 6.18 Å². The maximum Gasteiger partial charge on any atom is 0.490 e. The van der Waals surface area contributed by atoms with Crippen LogP contribution in [-0.4, -0.2) is 43.4 Å². The van der Waals surface area contributed by atoms with Crippen LogP contribution in [0, 0.1) is 5.82 Å². The van der Waals surface area contributed by atoms with Gasteiger partial charge in [0.05, 0.1) is 0 Å². The first-order valence-corrected chi connectivity index (χ1v) is 7.23. The Balaban J connectivity index is 0.000000256. The Morgan fingerprint density at radius 3 is 2.33 bits per heavy atom. The monoisotopic (exact) mass is 344 g/mol. The number of alkyl halides is 3. The molecule has 0 bridgehead atoms. The Bertz CT molecular complexity index is 713. The molecular weight excluding hydrogens is 328 g/mol. The normalized spacial score (nSPS) is 14.9. The number of halogens is 4. The minimum Gasteiger partial charge on any atom is -0.475 e. The van der Waals surface area contributed by atoms with Crippen LogP contribution < -0.4 is 10.2 Å². The van der Waals surface area contributed by atoms with Crippen molar-refractivity contribution in [3.8, 4) is 0 Å². The lowest BCUT2D eigenvalue weighted by Crippen LogP contribution is -2.43. The van der Waals surface area contributed by atoms with E-state index in [1.54, 1.807) is 6.07 Å². The first-order valence-electron chi connectivity index (χ1n) is 7.23. The van der Waals surface area contributed by atoms with Crippen molar-refractivity contribution in [2.24, 2.45) is 0 Å². The van der Waals surface area contributed by atoms with Crippen LogP contribution in [0.5, 0.6) is 0 Å². The highest BCUT2D eigenvalue weighted by Crippen LogP contribution is 2.27. The molecule has 1 heterocycles. The molecule has 2 aromatic carbocycles. The second kappa shape index (κ2) is 7.48. The van der Waals surface area contributed by atoms with E-state index >= 15 is 0 Å². The summed E-state index contributed by atoms with van der Waals surface area (Å²) in [6.45, 7) is 3.95. The Hall–Kier alpha value is -2.35. The van der Waals surface area contributed by atoms with Crippen molar-refractivity contribution >= 4 is 22.4 Å². The Labute approximate surface area is 135 Å². The van der Waals surface area contributed by atoms with Gasteiger partial charge in [-0.2, -0.15) is 13.2 Å². The van der Waals surface area contributed by atoms with Gasteiger partial charge >= 0.3 is 12.1 Å². The number of nitrogens with zero attached hydrogens (tertiary/aromatic N) is 1. The number of hydrogen-bond acceptors (Lipinski definition) is 3. The number of carboxylic acids is 1. The second-order valence-electron chi connectivity index (χ2n) is 5.18. The summed E-state index contributed by atoms with van der Waals surface area (Å²) in [6, 6.07) is 11.1. The summed E-state index contributed by atoms with van der Waals surface area (Å²) in [6.07, 6.45) is -5.08. The molecule has 0 aliphatic carbocycles. The molecule has 1 saturated heterocycles. The van der Waals surface area contributed by atoms with Crippen LogP contribution in [0.25, 0.3) is 10.8 Å². The fourth-order valence-electron chi connectivity index (χ4n) is 2.41. The summed E-state index contributed by atoms with van der Waals surface area (Å²) in [7, 11) is 0. The van der Waals surface area contributed by atoms with E-state index in [0.717, 1.165) is 42.6 Å². The van der Waals surface area contributed by atoms with Gasteiger partial charge in [-0.3, -0.25) is 0 Å². The van der Waals surface area contributed by atoms with E-state index in [0.29, 0.717) is 0 Å². The number of anilines is 1. The van der Waals surface area contributed by atoms with Crippen LogP contribution in [0.1, 0.15) is 0 Å². The zero-order valence-electron chi connectivity index (χ0n) is 12.6. The van der Waals surface area contributed by atoms with Crippen molar-refractivity contribution in [3.05, 3.63) is 42.2 Å². The Kier molecular flexibility index (Phi) is 5.61. The molecule has 0 saturated carbocycles. The first-order chi connectivity index (χ1) is 11.3. The molecule has 0 amide bonds. The van der Waals surface area contributed by atoms with Crippen molar-refractivity contribution in [2.75, 3.05) is 31.1 Å². The summed E-state index contributed by atoms with van der Waals surface area (Å²) >= 11 is 0. The topological polar surface area (TPSA) is 52.6 Å². The number of hydrogen-bond donors (Lipinski definition) is 2. The first kappa shape index (κ1) is 18.0. The highest BCUT2D eigenvalue weighted by molar-refractivity contribution is 5.94. The Morgan fingerprint density at radius 1 is 1.12 bits per heavy atom. The van der Waals surface area contributed by atoms with E-state index in [4.69, 9.17) is 9.90 Å². The van der Waals surface area contributed by atoms with Gasteiger partial charge in [-0.1, -0.05) is 18.2 Å². The SMILES string of the molecule is Fc1ccc2cccc(N3CCNCC3)c2c1.O=C(O)C(F)(F)F. The van der Waals surface area contributed by atoms with Gasteiger partial charge in [0.25, 0.3) is 0 Å². The predicted octanol–water partition coefficient (Wildman–Crippen LogP) is 3.02. The molecule has 0 spiro atoms. The largest absolute Gasteiger partial charge is 0.490 e. The number of carboxylic acid groups (broad SMARTS) is 1. The lowest BCUT2D eigenvalue weighted by atomic mass is 10.1. The van der Waals surface area contributed by atoms with Crippen molar-refractivity contribution in [1.82, 2.24) is 5.32 Å². The minimum absolute atomic E-state index is 0.167. The maximum atomic E-state index is 13.4. The van der Waals surface area contributed by atoms with Crippen LogP contribution in [0.2, 0.25) is 0 Å². The molecule has 0 unspecified atom stereocenters. The van der Waals surface area contributed by atoms with Gasteiger partial charge < -0.3 is 15.3 Å². The average molecular weight is 344 g/mol. The molecule has 2 N–H and O–H groups in total. The zero-order valence-corrected chi connectivity index (χ0v) is 12.6. The predicted molar refractivity (Wildman–Crippen MR) is 82.7 cm³/mol. The van der Waals surface area contributed by atoms with Crippen LogP contribution >= 0.6 is 0 Å². The lowest BCUT2D eigenvalue weighted by Gasteiger charge is -2.30. The van der Waals surface area contributed by atoms with E-state index < -0.39 is 12.1 Å². The lowest BCUT2D eigenvalue weighted by molar-refractivity contribution is -0.192. The van der Waals surface area contributed by atoms with Gasteiger partial charge in [-0.15, -0.1) is 0 Å². The highest BCUT2D eigenvalue weighted by atomic mass is 19.4. The summed E-state index contributed by atoms with van der Waals surface area (Å²) in [4.78, 5) is 11.2.